The van der Waals surface area contributed by atoms with E-state index in [-0.39, 0.29) is 18.2 Å². The monoisotopic (exact) mass is 518 g/mol. The highest BCUT2D eigenvalue weighted by Crippen LogP contribution is 2.23. The van der Waals surface area contributed by atoms with E-state index < -0.39 is 11.7 Å². The van der Waals surface area contributed by atoms with Gasteiger partial charge in [0.15, 0.2) is 0 Å². The number of rotatable bonds is 10. The summed E-state index contributed by atoms with van der Waals surface area (Å²) in [4.78, 5) is 20.7. The Morgan fingerprint density at radius 3 is 2.47 bits per heavy atom. The van der Waals surface area contributed by atoms with E-state index in [1.165, 1.54) is 18.8 Å². The Balaban J connectivity index is 1.41. The number of aromatic amines is 1. The Labute approximate surface area is 223 Å². The molecule has 0 bridgehead atoms. The number of methoxy groups -OCH3 is 1. The average Bonchev–Trinajstić information content (AvgIpc) is 3.38. The molecule has 1 fully saturated rings. The van der Waals surface area contributed by atoms with Gasteiger partial charge in [-0.05, 0) is 48.7 Å². The predicted molar refractivity (Wildman–Crippen MR) is 146 cm³/mol. The molecule has 0 radical (unpaired) electrons. The molecule has 0 aliphatic carbocycles. The molecule has 1 aliphatic heterocycles. The molecule has 0 amide bonds. The van der Waals surface area contributed by atoms with Crippen molar-refractivity contribution in [3.8, 4) is 17.6 Å². The Bertz CT molecular complexity index is 1300. The van der Waals surface area contributed by atoms with E-state index in [0.29, 0.717) is 24.8 Å². The minimum atomic E-state index is -0.975. The summed E-state index contributed by atoms with van der Waals surface area (Å²) in [5, 5.41) is 13.2. The quantitative estimate of drug-likeness (QED) is 0.357. The second-order valence-electron chi connectivity index (χ2n) is 9.82. The van der Waals surface area contributed by atoms with Crippen LogP contribution in [0.5, 0.6) is 5.75 Å². The normalized spacial score (nSPS) is 17.1. The Kier molecular flexibility index (Phi) is 9.66. The zero-order valence-electron chi connectivity index (χ0n) is 21.9. The molecule has 0 saturated carbocycles. The van der Waals surface area contributed by atoms with Crippen molar-refractivity contribution in [3.63, 3.8) is 0 Å². The van der Waals surface area contributed by atoms with Gasteiger partial charge >= 0.3 is 0 Å². The lowest BCUT2D eigenvalue weighted by Crippen LogP contribution is -2.28. The number of benzene rings is 2. The largest absolute Gasteiger partial charge is 0.502 e. The lowest BCUT2D eigenvalue weighted by atomic mass is 9.93. The van der Waals surface area contributed by atoms with Crippen LogP contribution >= 0.6 is 0 Å². The van der Waals surface area contributed by atoms with E-state index in [1.807, 2.05) is 24.3 Å². The number of ether oxygens (including phenoxy) is 1. The summed E-state index contributed by atoms with van der Waals surface area (Å²) in [6, 6.07) is 16.2. The topological polar surface area (TPSA) is 90.5 Å². The summed E-state index contributed by atoms with van der Waals surface area (Å²) >= 11 is 0. The molecular formula is C30H35FN4O3. The fraction of sp³-hybridized carbons (Fsp3) is 0.400. The molecule has 1 saturated heterocycles. The zero-order valence-corrected chi connectivity index (χ0v) is 21.9. The van der Waals surface area contributed by atoms with Gasteiger partial charge in [-0.3, -0.25) is 9.69 Å². The fourth-order valence-corrected chi connectivity index (χ4v) is 4.64. The smallest absolute Gasteiger partial charge is 0.293 e. The highest BCUT2D eigenvalue weighted by atomic mass is 19.1. The van der Waals surface area contributed by atoms with Crippen molar-refractivity contribution in [3.05, 3.63) is 93.2 Å². The maximum Gasteiger partial charge on any atom is 0.293 e. The third-order valence-electron chi connectivity index (χ3n) is 6.82. The zero-order chi connectivity index (χ0) is 26.9. The van der Waals surface area contributed by atoms with E-state index in [1.54, 1.807) is 7.11 Å². The van der Waals surface area contributed by atoms with E-state index in [9.17, 15) is 14.3 Å². The van der Waals surface area contributed by atoms with Gasteiger partial charge < -0.3 is 20.1 Å². The molecule has 3 aromatic rings. The lowest BCUT2D eigenvalue weighted by molar-refractivity contribution is 0.107. The number of H-pyrrole nitrogens is 1. The van der Waals surface area contributed by atoms with Gasteiger partial charge in [0, 0.05) is 63.3 Å². The molecule has 200 valence electrons. The Hall–Kier alpha value is -3.51. The first-order valence-electron chi connectivity index (χ1n) is 13.0. The molecule has 1 aliphatic rings. The van der Waals surface area contributed by atoms with Crippen molar-refractivity contribution in [2.24, 2.45) is 0 Å². The van der Waals surface area contributed by atoms with Crippen LogP contribution in [0.1, 0.15) is 47.2 Å². The van der Waals surface area contributed by atoms with Crippen LogP contribution in [0.15, 0.2) is 59.7 Å². The highest BCUT2D eigenvalue weighted by molar-refractivity contribution is 5.44. The van der Waals surface area contributed by atoms with E-state index >= 15 is 0 Å². The standard InChI is InChI=1S/C30H35FN4O3/c1-21(31)16-32-17-26(15-28-29(36)30(37)34-20-33-28)25-11-9-23(10-12-25)4-3-22-5-7-24(8-6-22)18-35-14-13-27(19-35)38-2/h5-12,20-21,26-27,32,36H,13-19H2,1-2H3,(H,33,34,37). The fourth-order valence-electron chi connectivity index (χ4n) is 4.64. The first-order chi connectivity index (χ1) is 18.4. The van der Waals surface area contributed by atoms with E-state index in [2.05, 4.69) is 56.3 Å². The second kappa shape index (κ2) is 13.3. The van der Waals surface area contributed by atoms with Crippen LogP contribution in [0.25, 0.3) is 0 Å². The number of hydrogen-bond acceptors (Lipinski definition) is 6. The van der Waals surface area contributed by atoms with Crippen LogP contribution in [0.3, 0.4) is 0 Å². The lowest BCUT2D eigenvalue weighted by Gasteiger charge is -2.19. The average molecular weight is 519 g/mol. The van der Waals surface area contributed by atoms with Gasteiger partial charge in [-0.2, -0.15) is 0 Å². The molecule has 0 spiro atoms. The number of nitrogens with zero attached hydrogens (tertiary/aromatic N) is 2. The first-order valence-corrected chi connectivity index (χ1v) is 13.0. The van der Waals surface area contributed by atoms with Crippen LogP contribution in [0, 0.1) is 11.8 Å². The van der Waals surface area contributed by atoms with Crippen LogP contribution in [-0.4, -0.2) is 65.5 Å². The van der Waals surface area contributed by atoms with Crippen molar-refractivity contribution < 1.29 is 14.2 Å². The number of nitrogens with one attached hydrogen (secondary N) is 2. The molecule has 7 nitrogen and oxygen atoms in total. The molecule has 2 heterocycles. The minimum absolute atomic E-state index is 0.113. The van der Waals surface area contributed by atoms with Gasteiger partial charge in [0.1, 0.15) is 6.17 Å². The first kappa shape index (κ1) is 27.5. The van der Waals surface area contributed by atoms with Gasteiger partial charge in [0.2, 0.25) is 5.75 Å². The molecule has 3 atom stereocenters. The molecule has 3 N–H and O–H groups in total. The molecular weight excluding hydrogens is 483 g/mol. The van der Waals surface area contributed by atoms with Crippen molar-refractivity contribution in [2.45, 2.75) is 44.5 Å². The summed E-state index contributed by atoms with van der Waals surface area (Å²) < 4.78 is 18.8. The number of aromatic nitrogens is 2. The van der Waals surface area contributed by atoms with Gasteiger partial charge in [-0.15, -0.1) is 0 Å². The molecule has 3 unspecified atom stereocenters. The van der Waals surface area contributed by atoms with Crippen molar-refractivity contribution in [1.82, 2.24) is 20.2 Å². The SMILES string of the molecule is COC1CCN(Cc2ccc(C#Cc3ccc(C(CNCC(C)F)Cc4nc[nH]c(=O)c4O)cc3)cc2)C1. The summed E-state index contributed by atoms with van der Waals surface area (Å²) in [7, 11) is 1.78. The summed E-state index contributed by atoms with van der Waals surface area (Å²) in [6.07, 6.45) is 2.06. The van der Waals surface area contributed by atoms with Gasteiger partial charge in [0.25, 0.3) is 5.56 Å². The number of likely N-dealkylation sites (tertiary alicyclic amines) is 1. The predicted octanol–water partition coefficient (Wildman–Crippen LogP) is 3.37. The van der Waals surface area contributed by atoms with E-state index in [4.69, 9.17) is 4.74 Å². The van der Waals surface area contributed by atoms with Gasteiger partial charge in [0.05, 0.1) is 18.1 Å². The molecule has 38 heavy (non-hydrogen) atoms. The molecule has 1 aromatic heterocycles. The van der Waals surface area contributed by atoms with Crippen LogP contribution < -0.4 is 10.9 Å². The number of alkyl halides is 1. The van der Waals surface area contributed by atoms with Crippen LogP contribution in [0.2, 0.25) is 0 Å². The summed E-state index contributed by atoms with van der Waals surface area (Å²) in [5.74, 6) is 5.95. The minimum Gasteiger partial charge on any atom is -0.502 e. The molecule has 2 aromatic carbocycles. The summed E-state index contributed by atoms with van der Waals surface area (Å²) in [5.41, 5.74) is 3.81. The van der Waals surface area contributed by atoms with Crippen molar-refractivity contribution >= 4 is 0 Å². The summed E-state index contributed by atoms with van der Waals surface area (Å²) in [6.45, 7) is 5.14. The van der Waals surface area contributed by atoms with E-state index in [0.717, 1.165) is 42.7 Å². The third kappa shape index (κ3) is 7.75. The van der Waals surface area contributed by atoms with Crippen LogP contribution in [-0.2, 0) is 17.7 Å². The maximum absolute atomic E-state index is 13.3. The van der Waals surface area contributed by atoms with Gasteiger partial charge in [-0.25, -0.2) is 9.37 Å². The Morgan fingerprint density at radius 2 is 1.84 bits per heavy atom. The molecule has 8 heteroatoms. The van der Waals surface area contributed by atoms with Crippen molar-refractivity contribution in [1.29, 1.82) is 0 Å². The third-order valence-corrected chi connectivity index (χ3v) is 6.82. The number of hydrogen-bond donors (Lipinski definition) is 3. The number of aromatic hydroxyl groups is 1. The second-order valence-corrected chi connectivity index (χ2v) is 9.82. The van der Waals surface area contributed by atoms with Crippen LogP contribution in [0.4, 0.5) is 4.39 Å². The molecule has 4 rings (SSSR count). The maximum atomic E-state index is 13.3. The Morgan fingerprint density at radius 1 is 1.16 bits per heavy atom. The van der Waals surface area contributed by atoms with Gasteiger partial charge in [-0.1, -0.05) is 36.1 Å². The number of halogens is 1. The van der Waals surface area contributed by atoms with Crippen molar-refractivity contribution in [2.75, 3.05) is 33.3 Å². The highest BCUT2D eigenvalue weighted by Gasteiger charge is 2.21.